The number of amides is 1. The van der Waals surface area contributed by atoms with Gasteiger partial charge in [0.05, 0.1) is 18.2 Å². The molecular weight excluding hydrogens is 334 g/mol. The van der Waals surface area contributed by atoms with E-state index < -0.39 is 31.9 Å². The summed E-state index contributed by atoms with van der Waals surface area (Å²) >= 11 is 0. The molecule has 1 aliphatic rings. The molecule has 0 aromatic rings. The summed E-state index contributed by atoms with van der Waals surface area (Å²) in [5, 5.41) is 13.9. The highest BCUT2D eigenvalue weighted by atomic mass is 28.3. The van der Waals surface area contributed by atoms with Gasteiger partial charge in [0.15, 0.2) is 0 Å². The van der Waals surface area contributed by atoms with Gasteiger partial charge in [-0.05, 0) is 32.4 Å². The summed E-state index contributed by atoms with van der Waals surface area (Å²) in [6.07, 6.45) is 0.843. The van der Waals surface area contributed by atoms with Gasteiger partial charge in [0.2, 0.25) is 0 Å². The molecule has 146 valence electrons. The summed E-state index contributed by atoms with van der Waals surface area (Å²) in [6, 6.07) is 0.459. The molecule has 1 aliphatic carbocycles. The number of methoxy groups -OCH3 is 1. The van der Waals surface area contributed by atoms with Crippen molar-refractivity contribution in [1.29, 1.82) is 0 Å². The molecule has 0 aliphatic heterocycles. The first-order valence-electron chi connectivity index (χ1n) is 9.16. The summed E-state index contributed by atoms with van der Waals surface area (Å²) < 4.78 is 11.1. The third-order valence-corrected chi connectivity index (χ3v) is 5.96. The van der Waals surface area contributed by atoms with Crippen LogP contribution < -0.4 is 5.32 Å². The van der Waals surface area contributed by atoms with Crippen molar-refractivity contribution in [1.82, 2.24) is 5.32 Å². The van der Waals surface area contributed by atoms with Crippen LogP contribution in [0.2, 0.25) is 25.7 Å². The van der Waals surface area contributed by atoms with E-state index in [1.54, 1.807) is 7.11 Å². The van der Waals surface area contributed by atoms with Crippen LogP contribution in [0.1, 0.15) is 34.6 Å². The number of carbonyl (C=O) groups is 1. The maximum atomic E-state index is 12.3. The van der Waals surface area contributed by atoms with E-state index in [2.05, 4.69) is 38.0 Å². The van der Waals surface area contributed by atoms with Crippen molar-refractivity contribution in [3.05, 3.63) is 11.6 Å². The summed E-state index contributed by atoms with van der Waals surface area (Å²) in [5.41, 5.74) is 0.438. The van der Waals surface area contributed by atoms with E-state index >= 15 is 0 Å². The van der Waals surface area contributed by atoms with Crippen LogP contribution in [0.15, 0.2) is 11.6 Å². The maximum absolute atomic E-state index is 12.3. The number of alkyl carbamates (subject to hydrolysis) is 1. The third kappa shape index (κ3) is 6.75. The van der Waals surface area contributed by atoms with Crippen LogP contribution in [-0.4, -0.2) is 50.2 Å². The number of aliphatic hydroxyl groups is 1. The van der Waals surface area contributed by atoms with Crippen LogP contribution in [-0.2, 0) is 9.47 Å². The quantitative estimate of drug-likeness (QED) is 0.582. The van der Waals surface area contributed by atoms with Crippen molar-refractivity contribution < 1.29 is 19.4 Å². The molecule has 1 amide bonds. The normalized spacial score (nSPS) is 31.1. The highest BCUT2D eigenvalue weighted by Gasteiger charge is 2.40. The number of hydrogen-bond donors (Lipinski definition) is 2. The van der Waals surface area contributed by atoms with Crippen molar-refractivity contribution in [2.75, 3.05) is 7.11 Å². The van der Waals surface area contributed by atoms with Crippen molar-refractivity contribution in [2.24, 2.45) is 11.8 Å². The molecule has 5 atom stereocenters. The fraction of sp³-hybridized carbons (Fsp3) is 0.842. The summed E-state index contributed by atoms with van der Waals surface area (Å²) in [5.74, 6) is 0.129. The van der Waals surface area contributed by atoms with Crippen molar-refractivity contribution in [2.45, 2.75) is 84.2 Å². The number of rotatable bonds is 4. The van der Waals surface area contributed by atoms with Crippen LogP contribution in [0.5, 0.6) is 0 Å². The van der Waals surface area contributed by atoms with Crippen LogP contribution in [0.4, 0.5) is 4.79 Å². The predicted octanol–water partition coefficient (Wildman–Crippen LogP) is 3.81. The Hall–Kier alpha value is -0.853. The van der Waals surface area contributed by atoms with Crippen LogP contribution >= 0.6 is 0 Å². The smallest absolute Gasteiger partial charge is 0.407 e. The Morgan fingerprint density at radius 1 is 1.28 bits per heavy atom. The third-order valence-electron chi connectivity index (χ3n) is 4.49. The molecule has 5 nitrogen and oxygen atoms in total. The second kappa shape index (κ2) is 8.23. The summed E-state index contributed by atoms with van der Waals surface area (Å²) in [7, 11) is 0.273. The van der Waals surface area contributed by atoms with Gasteiger partial charge < -0.3 is 19.9 Å². The van der Waals surface area contributed by atoms with Gasteiger partial charge in [0.25, 0.3) is 0 Å². The lowest BCUT2D eigenvalue weighted by Crippen LogP contribution is -2.52. The lowest BCUT2D eigenvalue weighted by molar-refractivity contribution is -0.00207. The van der Waals surface area contributed by atoms with E-state index in [4.69, 9.17) is 9.47 Å². The van der Waals surface area contributed by atoms with Crippen LogP contribution in [0.25, 0.3) is 0 Å². The minimum Gasteiger partial charge on any atom is -0.444 e. The number of ether oxygens (including phenoxy) is 2. The van der Waals surface area contributed by atoms with Crippen LogP contribution in [0, 0.1) is 11.8 Å². The first kappa shape index (κ1) is 22.2. The largest absolute Gasteiger partial charge is 0.444 e. The second-order valence-corrected chi connectivity index (χ2v) is 15.0. The Bertz CT molecular complexity index is 493. The van der Waals surface area contributed by atoms with Gasteiger partial charge in [-0.15, -0.1) is 0 Å². The average Bonchev–Trinajstić information content (AvgIpc) is 2.46. The number of hydrogen-bond acceptors (Lipinski definition) is 4. The number of aliphatic hydroxyl groups excluding tert-OH is 1. The zero-order chi connectivity index (χ0) is 19.6. The molecule has 25 heavy (non-hydrogen) atoms. The highest BCUT2D eigenvalue weighted by Crippen LogP contribution is 2.33. The molecule has 0 radical (unpaired) electrons. The first-order chi connectivity index (χ1) is 11.2. The average molecular weight is 372 g/mol. The van der Waals surface area contributed by atoms with Crippen LogP contribution in [0.3, 0.4) is 0 Å². The van der Waals surface area contributed by atoms with E-state index in [9.17, 15) is 9.90 Å². The molecule has 6 heteroatoms. The first-order valence-corrected chi connectivity index (χ1v) is 12.9. The Morgan fingerprint density at radius 2 is 1.84 bits per heavy atom. The van der Waals surface area contributed by atoms with Gasteiger partial charge in [-0.2, -0.15) is 0 Å². The number of carbonyl (C=O) groups excluding carboxylic acids is 1. The van der Waals surface area contributed by atoms with Gasteiger partial charge in [0, 0.05) is 27.0 Å². The Morgan fingerprint density at radius 3 is 2.28 bits per heavy atom. The Labute approximate surface area is 154 Å². The number of nitrogens with one attached hydrogen (secondary N) is 1. The van der Waals surface area contributed by atoms with Crippen molar-refractivity contribution >= 4 is 14.2 Å². The van der Waals surface area contributed by atoms with E-state index in [1.807, 2.05) is 27.7 Å². The van der Waals surface area contributed by atoms with Crippen molar-refractivity contribution in [3.63, 3.8) is 0 Å². The van der Waals surface area contributed by atoms with Gasteiger partial charge in [-0.3, -0.25) is 0 Å². The minimum atomic E-state index is -1.41. The van der Waals surface area contributed by atoms with E-state index in [0.29, 0.717) is 0 Å². The fourth-order valence-electron chi connectivity index (χ4n) is 3.59. The topological polar surface area (TPSA) is 67.8 Å². The highest BCUT2D eigenvalue weighted by molar-refractivity contribution is 6.76. The summed E-state index contributed by atoms with van der Waals surface area (Å²) in [6.45, 7) is 16.5. The Kier molecular flexibility index (Phi) is 7.30. The van der Waals surface area contributed by atoms with E-state index in [0.717, 1.165) is 11.6 Å². The molecule has 0 bridgehead atoms. The van der Waals surface area contributed by atoms with Gasteiger partial charge in [-0.25, -0.2) is 4.79 Å². The van der Waals surface area contributed by atoms with Gasteiger partial charge in [-0.1, -0.05) is 39.6 Å². The zero-order valence-electron chi connectivity index (χ0n) is 17.3. The minimum absolute atomic E-state index is 0.0436. The molecule has 0 aromatic heterocycles. The van der Waals surface area contributed by atoms with Crippen molar-refractivity contribution in [3.8, 4) is 0 Å². The second-order valence-electron chi connectivity index (χ2n) is 9.51. The SMILES string of the molecule is CO[C@@H]1[C@H](C)[C@@H](NC(=O)OC(C)(C)C)[C@@H](O)C(C[Si](C)(C)C)=C[C@@H]1C. The van der Waals surface area contributed by atoms with E-state index in [1.165, 1.54) is 0 Å². The molecule has 0 aromatic carbocycles. The summed E-state index contributed by atoms with van der Waals surface area (Å²) in [4.78, 5) is 12.3. The monoisotopic (exact) mass is 371 g/mol. The molecule has 1 rings (SSSR count). The molecule has 2 N–H and O–H groups in total. The standard InChI is InChI=1S/C19H37NO4Si/c1-12-10-14(11-25(7,8)9)16(21)15(13(2)17(12)23-6)20-18(22)24-19(3,4)5/h10,12-13,15-17,21H,11H2,1-9H3,(H,20,22)/t12-,13+,15+,16-,17-/m0/s1. The molecule has 0 spiro atoms. The molecule has 0 heterocycles. The Balaban J connectivity index is 3.11. The molecule has 0 saturated carbocycles. The van der Waals surface area contributed by atoms with E-state index in [-0.39, 0.29) is 17.9 Å². The zero-order valence-corrected chi connectivity index (χ0v) is 18.3. The lowest BCUT2D eigenvalue weighted by Gasteiger charge is -2.34. The molecule has 0 fully saturated rings. The fourth-order valence-corrected chi connectivity index (χ4v) is 5.14. The molecular formula is C19H37NO4Si. The van der Waals surface area contributed by atoms with Gasteiger partial charge in [0.1, 0.15) is 5.60 Å². The predicted molar refractivity (Wildman–Crippen MR) is 105 cm³/mol. The lowest BCUT2D eigenvalue weighted by atomic mass is 9.88. The maximum Gasteiger partial charge on any atom is 0.407 e. The molecule has 0 unspecified atom stereocenters. The molecule has 0 saturated heterocycles. The van der Waals surface area contributed by atoms with Gasteiger partial charge >= 0.3 is 6.09 Å².